The highest BCUT2D eigenvalue weighted by atomic mass is 16.5. The largest absolute Gasteiger partial charge is 0.504 e. The molecule has 0 aliphatic heterocycles. The van der Waals surface area contributed by atoms with Crippen molar-refractivity contribution in [1.82, 2.24) is 5.32 Å². The van der Waals surface area contributed by atoms with Gasteiger partial charge in [0, 0.05) is 5.56 Å². The van der Waals surface area contributed by atoms with Crippen molar-refractivity contribution in [1.29, 1.82) is 0 Å². The monoisotopic (exact) mass is 377 g/mol. The number of aliphatic hydroxyl groups is 1. The molecule has 144 valence electrons. The van der Waals surface area contributed by atoms with Gasteiger partial charge in [0.15, 0.2) is 23.3 Å². The lowest BCUT2D eigenvalue weighted by molar-refractivity contribution is -0.146. The number of esters is 1. The molecule has 0 radical (unpaired) electrons. The number of aliphatic hydroxyl groups excluding tert-OH is 1. The van der Waals surface area contributed by atoms with Gasteiger partial charge in [-0.3, -0.25) is 4.79 Å². The summed E-state index contributed by atoms with van der Waals surface area (Å²) in [5, 5.41) is 41.2. The Morgan fingerprint density at radius 3 is 2.04 bits per heavy atom. The number of nitrogens with one attached hydrogen (secondary N) is 1. The van der Waals surface area contributed by atoms with Crippen molar-refractivity contribution in [2.45, 2.75) is 12.1 Å². The number of benzene rings is 2. The molecule has 9 nitrogen and oxygen atoms in total. The van der Waals surface area contributed by atoms with Gasteiger partial charge in [0.2, 0.25) is 0 Å². The first-order valence-corrected chi connectivity index (χ1v) is 7.74. The summed E-state index contributed by atoms with van der Waals surface area (Å²) in [6.07, 6.45) is -1.44. The molecule has 9 heteroatoms. The van der Waals surface area contributed by atoms with Crippen LogP contribution in [0.5, 0.6) is 23.0 Å². The second-order valence-electron chi connectivity index (χ2n) is 5.56. The number of phenols is 3. The van der Waals surface area contributed by atoms with Gasteiger partial charge in [-0.25, -0.2) is 4.79 Å². The van der Waals surface area contributed by atoms with Crippen LogP contribution < -0.4 is 10.1 Å². The number of carbonyl (C=O) groups excluding carboxylic acids is 2. The number of methoxy groups -OCH3 is 2. The molecule has 5 N–H and O–H groups in total. The second-order valence-corrected chi connectivity index (χ2v) is 5.56. The average Bonchev–Trinajstić information content (AvgIpc) is 2.68. The standard InChI is InChI=1S/C18H19NO8/c1-26-11-5-3-9(4-6-11)15(22)14(18(25)27-2)19-17(24)10-7-12(20)16(23)13(21)8-10/h3-8,14-15,20-23H,1-2H3,(H,19,24). The minimum absolute atomic E-state index is 0.237. The number of hydrogen-bond acceptors (Lipinski definition) is 8. The topological polar surface area (TPSA) is 146 Å². The Labute approximate surface area is 154 Å². The normalized spacial score (nSPS) is 12.7. The lowest BCUT2D eigenvalue weighted by atomic mass is 10.0. The Bertz CT molecular complexity index is 811. The highest BCUT2D eigenvalue weighted by Gasteiger charge is 2.31. The molecular formula is C18H19NO8. The van der Waals surface area contributed by atoms with Crippen LogP contribution in [0.25, 0.3) is 0 Å². The maximum atomic E-state index is 12.4. The van der Waals surface area contributed by atoms with Gasteiger partial charge in [0.05, 0.1) is 14.2 Å². The molecule has 0 aliphatic rings. The van der Waals surface area contributed by atoms with Crippen molar-refractivity contribution in [2.24, 2.45) is 0 Å². The lowest BCUT2D eigenvalue weighted by Gasteiger charge is -2.22. The third-order valence-electron chi connectivity index (χ3n) is 3.85. The highest BCUT2D eigenvalue weighted by Crippen LogP contribution is 2.35. The van der Waals surface area contributed by atoms with E-state index in [0.29, 0.717) is 11.3 Å². The molecule has 2 aromatic rings. The van der Waals surface area contributed by atoms with Crippen molar-refractivity contribution in [3.8, 4) is 23.0 Å². The van der Waals surface area contributed by atoms with E-state index in [2.05, 4.69) is 10.1 Å². The number of phenolic OH excluding ortho intramolecular Hbond substituents is 3. The zero-order chi connectivity index (χ0) is 20.1. The average molecular weight is 377 g/mol. The summed E-state index contributed by atoms with van der Waals surface area (Å²) in [6.45, 7) is 0. The predicted molar refractivity (Wildman–Crippen MR) is 92.7 cm³/mol. The van der Waals surface area contributed by atoms with Crippen LogP contribution in [0.15, 0.2) is 36.4 Å². The lowest BCUT2D eigenvalue weighted by Crippen LogP contribution is -2.45. The molecule has 0 heterocycles. The van der Waals surface area contributed by atoms with Gasteiger partial charge in [0.1, 0.15) is 11.9 Å². The SMILES string of the molecule is COC(=O)C(NC(=O)c1cc(O)c(O)c(O)c1)C(O)c1ccc(OC)cc1. The van der Waals surface area contributed by atoms with Crippen LogP contribution in [0.2, 0.25) is 0 Å². The van der Waals surface area contributed by atoms with Crippen LogP contribution in [0, 0.1) is 0 Å². The van der Waals surface area contributed by atoms with Gasteiger partial charge in [-0.2, -0.15) is 0 Å². The van der Waals surface area contributed by atoms with E-state index in [-0.39, 0.29) is 5.56 Å². The van der Waals surface area contributed by atoms with Crippen LogP contribution in [0.4, 0.5) is 0 Å². The molecule has 0 saturated carbocycles. The minimum atomic E-state index is -1.46. The molecule has 2 atom stereocenters. The molecule has 2 aromatic carbocycles. The van der Waals surface area contributed by atoms with Gasteiger partial charge < -0.3 is 35.2 Å². The van der Waals surface area contributed by atoms with E-state index in [1.165, 1.54) is 19.2 Å². The number of amides is 1. The van der Waals surface area contributed by atoms with Crippen molar-refractivity contribution in [2.75, 3.05) is 14.2 Å². The summed E-state index contributed by atoms with van der Waals surface area (Å²) in [4.78, 5) is 24.4. The predicted octanol–water partition coefficient (Wildman–Crippen LogP) is 0.817. The van der Waals surface area contributed by atoms with Crippen LogP contribution in [0.3, 0.4) is 0 Å². The molecule has 0 bridgehead atoms. The number of hydrogen-bond donors (Lipinski definition) is 5. The van der Waals surface area contributed by atoms with E-state index in [4.69, 9.17) is 4.74 Å². The number of aromatic hydroxyl groups is 3. The fourth-order valence-corrected chi connectivity index (χ4v) is 2.35. The first-order valence-electron chi connectivity index (χ1n) is 7.74. The Balaban J connectivity index is 2.28. The van der Waals surface area contributed by atoms with Crippen molar-refractivity contribution < 1.29 is 39.5 Å². The van der Waals surface area contributed by atoms with E-state index >= 15 is 0 Å². The van der Waals surface area contributed by atoms with Gasteiger partial charge in [-0.05, 0) is 29.8 Å². The number of rotatable bonds is 6. The van der Waals surface area contributed by atoms with E-state index in [0.717, 1.165) is 19.2 Å². The van der Waals surface area contributed by atoms with Crippen molar-refractivity contribution >= 4 is 11.9 Å². The minimum Gasteiger partial charge on any atom is -0.504 e. The zero-order valence-electron chi connectivity index (χ0n) is 14.5. The van der Waals surface area contributed by atoms with Gasteiger partial charge in [-0.15, -0.1) is 0 Å². The highest BCUT2D eigenvalue weighted by molar-refractivity contribution is 5.98. The second kappa shape index (κ2) is 8.28. The first kappa shape index (κ1) is 19.9. The Morgan fingerprint density at radius 2 is 1.56 bits per heavy atom. The first-order chi connectivity index (χ1) is 12.8. The van der Waals surface area contributed by atoms with Crippen LogP contribution in [-0.2, 0) is 9.53 Å². The summed E-state index contributed by atoms with van der Waals surface area (Å²) >= 11 is 0. The third kappa shape index (κ3) is 4.39. The number of ether oxygens (including phenoxy) is 2. The van der Waals surface area contributed by atoms with Crippen LogP contribution in [0.1, 0.15) is 22.0 Å². The summed E-state index contributed by atoms with van der Waals surface area (Å²) in [5.41, 5.74) is 0.0848. The molecule has 0 aromatic heterocycles. The zero-order valence-corrected chi connectivity index (χ0v) is 14.5. The van der Waals surface area contributed by atoms with E-state index in [1.807, 2.05) is 0 Å². The summed E-state index contributed by atoms with van der Waals surface area (Å²) in [6, 6.07) is 6.52. The van der Waals surface area contributed by atoms with Gasteiger partial charge >= 0.3 is 5.97 Å². The van der Waals surface area contributed by atoms with Crippen LogP contribution in [-0.4, -0.2) is 52.6 Å². The Hall–Kier alpha value is -3.46. The Kier molecular flexibility index (Phi) is 6.09. The maximum absolute atomic E-state index is 12.4. The van der Waals surface area contributed by atoms with Crippen molar-refractivity contribution in [3.05, 3.63) is 47.5 Å². The maximum Gasteiger partial charge on any atom is 0.331 e. The molecule has 0 spiro atoms. The Morgan fingerprint density at radius 1 is 1.00 bits per heavy atom. The summed E-state index contributed by atoms with van der Waals surface area (Å²) < 4.78 is 9.65. The quantitative estimate of drug-likeness (QED) is 0.367. The number of carbonyl (C=O) groups is 2. The fraction of sp³-hybridized carbons (Fsp3) is 0.222. The van der Waals surface area contributed by atoms with Gasteiger partial charge in [-0.1, -0.05) is 12.1 Å². The molecule has 1 amide bonds. The van der Waals surface area contributed by atoms with E-state index in [9.17, 15) is 30.0 Å². The third-order valence-corrected chi connectivity index (χ3v) is 3.85. The molecule has 2 unspecified atom stereocenters. The van der Waals surface area contributed by atoms with E-state index < -0.39 is 41.3 Å². The molecule has 0 aliphatic carbocycles. The molecule has 2 rings (SSSR count). The fourth-order valence-electron chi connectivity index (χ4n) is 2.35. The molecule has 0 fully saturated rings. The van der Waals surface area contributed by atoms with Gasteiger partial charge in [0.25, 0.3) is 5.91 Å². The van der Waals surface area contributed by atoms with Crippen LogP contribution >= 0.6 is 0 Å². The summed E-state index contributed by atoms with van der Waals surface area (Å²) in [5.74, 6) is -3.47. The molecule has 0 saturated heterocycles. The van der Waals surface area contributed by atoms with E-state index in [1.54, 1.807) is 12.1 Å². The smallest absolute Gasteiger partial charge is 0.331 e. The molecular weight excluding hydrogens is 358 g/mol. The molecule has 27 heavy (non-hydrogen) atoms. The van der Waals surface area contributed by atoms with Crippen molar-refractivity contribution in [3.63, 3.8) is 0 Å². The summed E-state index contributed by atoms with van der Waals surface area (Å²) in [7, 11) is 2.58.